The third kappa shape index (κ3) is 4.47. The molecule has 0 N–H and O–H groups in total. The van der Waals surface area contributed by atoms with Gasteiger partial charge in [0.15, 0.2) is 28.8 Å². The first-order chi connectivity index (χ1) is 17.8. The van der Waals surface area contributed by atoms with Gasteiger partial charge in [-0.15, -0.1) is 0 Å². The van der Waals surface area contributed by atoms with Crippen molar-refractivity contribution in [1.82, 2.24) is 4.90 Å². The number of fused-ring (bicyclic) bond motifs is 4. The molecule has 6 heteroatoms. The summed E-state index contributed by atoms with van der Waals surface area (Å²) in [4.78, 5) is 16.1. The molecule has 5 rings (SSSR count). The highest BCUT2D eigenvalue weighted by Crippen LogP contribution is 2.51. The Balaban J connectivity index is 1.70. The van der Waals surface area contributed by atoms with Gasteiger partial charge in [-0.3, -0.25) is 4.79 Å². The van der Waals surface area contributed by atoms with E-state index in [1.54, 1.807) is 14.2 Å². The number of benzene rings is 2. The highest BCUT2D eigenvalue weighted by Gasteiger charge is 2.43. The number of carbonyl (C=O) groups excluding carboxylic acids is 1. The van der Waals surface area contributed by atoms with Crippen LogP contribution < -0.4 is 18.9 Å². The van der Waals surface area contributed by atoms with Gasteiger partial charge >= 0.3 is 0 Å². The van der Waals surface area contributed by atoms with Gasteiger partial charge in [-0.1, -0.05) is 19.9 Å². The van der Waals surface area contributed by atoms with Crippen LogP contribution in [0.1, 0.15) is 63.1 Å². The number of allylic oxidation sites excluding steroid dienone is 3. The van der Waals surface area contributed by atoms with Crippen molar-refractivity contribution in [3.8, 4) is 23.0 Å². The van der Waals surface area contributed by atoms with Gasteiger partial charge in [0.05, 0.1) is 27.4 Å². The molecule has 1 unspecified atom stereocenters. The second kappa shape index (κ2) is 9.81. The second-order valence-corrected chi connectivity index (χ2v) is 10.7. The molecule has 0 amide bonds. The fourth-order valence-corrected chi connectivity index (χ4v) is 5.99. The van der Waals surface area contributed by atoms with Gasteiger partial charge in [-0.25, -0.2) is 0 Å². The van der Waals surface area contributed by atoms with E-state index in [4.69, 9.17) is 18.9 Å². The van der Waals surface area contributed by atoms with E-state index in [1.165, 1.54) is 5.56 Å². The summed E-state index contributed by atoms with van der Waals surface area (Å²) in [5, 5.41) is 0. The Kier molecular flexibility index (Phi) is 6.69. The highest BCUT2D eigenvalue weighted by atomic mass is 16.5. The smallest absolute Gasteiger partial charge is 0.162 e. The van der Waals surface area contributed by atoms with Crippen LogP contribution in [-0.2, 0) is 11.2 Å². The largest absolute Gasteiger partial charge is 0.493 e. The van der Waals surface area contributed by atoms with Crippen molar-refractivity contribution >= 4 is 11.5 Å². The van der Waals surface area contributed by atoms with E-state index in [-0.39, 0.29) is 17.1 Å². The standard InChI is InChI=1S/C31H37NO5/c1-7-36-26-10-9-19(14-29(26)37-8-2)22-15-23-21-16-28(35-6)27(34-5)13-20(21)11-12-32(23)24-17-31(3,4)18-25(33)30(22)24/h9-10,13-16,22H,7-8,11-12,17-18H2,1-6H3. The van der Waals surface area contributed by atoms with Gasteiger partial charge in [0.2, 0.25) is 0 Å². The van der Waals surface area contributed by atoms with E-state index in [1.807, 2.05) is 26.0 Å². The van der Waals surface area contributed by atoms with Crippen LogP contribution in [0.25, 0.3) is 5.70 Å². The van der Waals surface area contributed by atoms with Crippen LogP contribution in [0.2, 0.25) is 0 Å². The van der Waals surface area contributed by atoms with E-state index in [0.717, 1.165) is 59.0 Å². The molecule has 196 valence electrons. The number of carbonyl (C=O) groups is 1. The zero-order chi connectivity index (χ0) is 26.3. The predicted molar refractivity (Wildman–Crippen MR) is 145 cm³/mol. The first-order valence-corrected chi connectivity index (χ1v) is 13.2. The summed E-state index contributed by atoms with van der Waals surface area (Å²) in [7, 11) is 3.34. The predicted octanol–water partition coefficient (Wildman–Crippen LogP) is 6.14. The van der Waals surface area contributed by atoms with Crippen molar-refractivity contribution in [3.63, 3.8) is 0 Å². The molecule has 0 fully saturated rings. The summed E-state index contributed by atoms with van der Waals surface area (Å²) in [6, 6.07) is 10.2. The van der Waals surface area contributed by atoms with Gasteiger partial charge in [-0.2, -0.15) is 0 Å². The minimum Gasteiger partial charge on any atom is -0.493 e. The normalized spacial score (nSPS) is 19.9. The van der Waals surface area contributed by atoms with Gasteiger partial charge in [-0.05, 0) is 73.6 Å². The molecule has 1 aliphatic carbocycles. The number of Topliss-reactive ketones (excluding diaryl/α,β-unsaturated/α-hetero) is 1. The van der Waals surface area contributed by atoms with Crippen molar-refractivity contribution in [2.75, 3.05) is 34.0 Å². The van der Waals surface area contributed by atoms with Gasteiger partial charge in [0.25, 0.3) is 0 Å². The molecule has 0 bridgehead atoms. The molecule has 0 saturated carbocycles. The maximum absolute atomic E-state index is 13.7. The summed E-state index contributed by atoms with van der Waals surface area (Å²) in [6.07, 6.45) is 4.54. The number of hydrogen-bond acceptors (Lipinski definition) is 6. The van der Waals surface area contributed by atoms with Crippen LogP contribution in [0, 0.1) is 5.41 Å². The molecule has 2 aromatic carbocycles. The van der Waals surface area contributed by atoms with Crippen molar-refractivity contribution < 1.29 is 23.7 Å². The van der Waals surface area contributed by atoms with Crippen LogP contribution >= 0.6 is 0 Å². The van der Waals surface area contributed by atoms with Gasteiger partial charge in [0, 0.05) is 41.4 Å². The quantitative estimate of drug-likeness (QED) is 0.452. The second-order valence-electron chi connectivity index (χ2n) is 10.7. The van der Waals surface area contributed by atoms with Crippen LogP contribution in [-0.4, -0.2) is 44.7 Å². The van der Waals surface area contributed by atoms with Crippen LogP contribution in [0.4, 0.5) is 0 Å². The minimum atomic E-state index is -0.168. The zero-order valence-electron chi connectivity index (χ0n) is 22.8. The average molecular weight is 504 g/mol. The van der Waals surface area contributed by atoms with E-state index in [9.17, 15) is 4.79 Å². The molecule has 37 heavy (non-hydrogen) atoms. The topological polar surface area (TPSA) is 57.2 Å². The van der Waals surface area contributed by atoms with E-state index in [0.29, 0.717) is 31.1 Å². The number of ketones is 1. The molecule has 2 aromatic rings. The molecule has 0 saturated heterocycles. The summed E-state index contributed by atoms with van der Waals surface area (Å²) in [5.74, 6) is 2.95. The molecule has 3 aliphatic rings. The Labute approximate surface area is 219 Å². The van der Waals surface area contributed by atoms with Crippen LogP contribution in [0.3, 0.4) is 0 Å². The SMILES string of the molecule is CCOc1ccc(C2C=C3c4cc(OC)c(OC)cc4CCN3C3=C2C(=O)CC(C)(C)C3)cc1OCC. The van der Waals surface area contributed by atoms with Crippen molar-refractivity contribution in [3.05, 3.63) is 64.4 Å². The molecule has 0 spiro atoms. The number of rotatable bonds is 7. The minimum absolute atomic E-state index is 0.0872. The fourth-order valence-electron chi connectivity index (χ4n) is 5.99. The molecular formula is C31H37NO5. The number of ether oxygens (including phenoxy) is 4. The molecule has 0 aromatic heterocycles. The maximum atomic E-state index is 13.7. The monoisotopic (exact) mass is 503 g/mol. The highest BCUT2D eigenvalue weighted by molar-refractivity contribution is 6.01. The lowest BCUT2D eigenvalue weighted by molar-refractivity contribution is -0.118. The third-order valence-electron chi connectivity index (χ3n) is 7.57. The lowest BCUT2D eigenvalue weighted by Gasteiger charge is -2.46. The van der Waals surface area contributed by atoms with Crippen molar-refractivity contribution in [2.24, 2.45) is 5.41 Å². The number of methoxy groups -OCH3 is 2. The molecule has 6 nitrogen and oxygen atoms in total. The Morgan fingerprint density at radius 2 is 1.62 bits per heavy atom. The first kappa shape index (κ1) is 25.2. The summed E-state index contributed by atoms with van der Waals surface area (Å²) < 4.78 is 23.0. The number of nitrogens with zero attached hydrogens (tertiary/aromatic N) is 1. The molecular weight excluding hydrogens is 466 g/mol. The van der Waals surface area contributed by atoms with Crippen LogP contribution in [0.5, 0.6) is 23.0 Å². The fraction of sp³-hybridized carbons (Fsp3) is 0.452. The Morgan fingerprint density at radius 3 is 2.32 bits per heavy atom. The van der Waals surface area contributed by atoms with Crippen molar-refractivity contribution in [1.29, 1.82) is 0 Å². The molecule has 2 aliphatic heterocycles. The number of hydrogen-bond donors (Lipinski definition) is 0. The molecule has 0 radical (unpaired) electrons. The first-order valence-electron chi connectivity index (χ1n) is 13.2. The van der Waals surface area contributed by atoms with Gasteiger partial charge in [0.1, 0.15) is 0 Å². The Hall–Kier alpha value is -3.41. The summed E-state index contributed by atoms with van der Waals surface area (Å²) in [6.45, 7) is 10.3. The summed E-state index contributed by atoms with van der Waals surface area (Å²) in [5.41, 5.74) is 6.50. The Bertz CT molecular complexity index is 1290. The summed E-state index contributed by atoms with van der Waals surface area (Å²) >= 11 is 0. The lowest BCUT2D eigenvalue weighted by atomic mass is 9.69. The molecule has 1 atom stereocenters. The van der Waals surface area contributed by atoms with E-state index >= 15 is 0 Å². The van der Waals surface area contributed by atoms with Gasteiger partial charge < -0.3 is 23.8 Å². The average Bonchev–Trinajstić information content (AvgIpc) is 2.87. The molecule has 2 heterocycles. The van der Waals surface area contributed by atoms with Crippen LogP contribution in [0.15, 0.2) is 47.7 Å². The zero-order valence-corrected chi connectivity index (χ0v) is 22.8. The maximum Gasteiger partial charge on any atom is 0.162 e. The van der Waals surface area contributed by atoms with Crippen molar-refractivity contribution in [2.45, 2.75) is 52.9 Å². The van der Waals surface area contributed by atoms with E-state index in [2.05, 4.69) is 43.0 Å². The van der Waals surface area contributed by atoms with E-state index < -0.39 is 0 Å². The lowest BCUT2D eigenvalue weighted by Crippen LogP contribution is -2.40. The third-order valence-corrected chi connectivity index (χ3v) is 7.57. The Morgan fingerprint density at radius 1 is 0.919 bits per heavy atom.